The van der Waals surface area contributed by atoms with E-state index in [1.54, 1.807) is 0 Å². The van der Waals surface area contributed by atoms with Crippen molar-refractivity contribution in [1.82, 2.24) is 0 Å². The minimum atomic E-state index is 1.04. The van der Waals surface area contributed by atoms with Gasteiger partial charge in [-0.2, -0.15) is 0 Å². The summed E-state index contributed by atoms with van der Waals surface area (Å²) in [6, 6.07) is 46.9. The molecule has 0 saturated heterocycles. The Morgan fingerprint density at radius 3 is 1.69 bits per heavy atom. The zero-order valence-corrected chi connectivity index (χ0v) is 20.3. The van der Waals surface area contributed by atoms with Crippen LogP contribution in [0.25, 0.3) is 65.7 Å². The van der Waals surface area contributed by atoms with E-state index >= 15 is 0 Å². The predicted molar refractivity (Wildman–Crippen MR) is 156 cm³/mol. The summed E-state index contributed by atoms with van der Waals surface area (Å²) in [6.07, 6.45) is 1.04. The van der Waals surface area contributed by atoms with Gasteiger partial charge in [-0.3, -0.25) is 0 Å². The van der Waals surface area contributed by atoms with E-state index in [0.29, 0.717) is 0 Å². The molecule has 0 aliphatic carbocycles. The summed E-state index contributed by atoms with van der Waals surface area (Å²) in [4.78, 5) is 0. The van der Waals surface area contributed by atoms with Crippen LogP contribution >= 0.6 is 0 Å². The number of aryl methyl sites for hydroxylation is 1. The number of hydrogen-bond donors (Lipinski definition) is 0. The molecule has 0 saturated carbocycles. The van der Waals surface area contributed by atoms with Gasteiger partial charge in [-0.15, -0.1) is 0 Å². The van der Waals surface area contributed by atoms with Gasteiger partial charge in [0.2, 0.25) is 0 Å². The maximum atomic E-state index is 2.41. The predicted octanol–water partition coefficient (Wildman–Crippen LogP) is 10.1. The Balaban J connectivity index is 1.53. The Kier molecular flexibility index (Phi) is 4.85. The Morgan fingerprint density at radius 1 is 0.417 bits per heavy atom. The second kappa shape index (κ2) is 8.36. The van der Waals surface area contributed by atoms with Gasteiger partial charge in [0, 0.05) is 0 Å². The standard InChI is InChI=1S/C36H26/c1-2-24-8-6-13-30(22-24)34-23-33(27-16-14-26(15-17-27)25-9-4-3-5-10-25)31-20-18-28-11-7-12-29-19-21-32(34)36(31)35(28)29/h3-23H,2H2,1H3. The molecular weight excluding hydrogens is 432 g/mol. The van der Waals surface area contributed by atoms with Crippen molar-refractivity contribution >= 4 is 32.3 Å². The van der Waals surface area contributed by atoms with Gasteiger partial charge in [-0.05, 0) is 83.7 Å². The van der Waals surface area contributed by atoms with Crippen LogP contribution in [0.4, 0.5) is 0 Å². The summed E-state index contributed by atoms with van der Waals surface area (Å²) in [7, 11) is 0. The third-order valence-corrected chi connectivity index (χ3v) is 7.59. The molecule has 0 fully saturated rings. The molecule has 0 unspecified atom stereocenters. The average Bonchev–Trinajstić information content (AvgIpc) is 2.96. The molecule has 0 heterocycles. The fourth-order valence-corrected chi connectivity index (χ4v) is 5.74. The molecule has 0 amide bonds. The zero-order valence-electron chi connectivity index (χ0n) is 20.3. The Bertz CT molecular complexity index is 1820. The Hall–Kier alpha value is -4.42. The van der Waals surface area contributed by atoms with Crippen molar-refractivity contribution in [2.24, 2.45) is 0 Å². The van der Waals surface area contributed by atoms with Gasteiger partial charge in [0.05, 0.1) is 0 Å². The van der Waals surface area contributed by atoms with Crippen LogP contribution < -0.4 is 0 Å². The normalized spacial score (nSPS) is 11.6. The molecule has 0 N–H and O–H groups in total. The molecule has 0 heteroatoms. The molecule has 7 aromatic rings. The van der Waals surface area contributed by atoms with Gasteiger partial charge in [0.25, 0.3) is 0 Å². The summed E-state index contributed by atoms with van der Waals surface area (Å²) in [6.45, 7) is 2.23. The molecule has 170 valence electrons. The lowest BCUT2D eigenvalue weighted by atomic mass is 9.85. The van der Waals surface area contributed by atoms with Crippen LogP contribution in [0.1, 0.15) is 12.5 Å². The molecule has 7 aromatic carbocycles. The van der Waals surface area contributed by atoms with Crippen molar-refractivity contribution in [2.75, 3.05) is 0 Å². The SMILES string of the molecule is CCc1cccc(-c2cc(-c3ccc(-c4ccccc4)cc3)c3ccc4cccc5ccc2c3c45)c1. The van der Waals surface area contributed by atoms with Crippen molar-refractivity contribution in [2.45, 2.75) is 13.3 Å². The summed E-state index contributed by atoms with van der Waals surface area (Å²) in [5, 5.41) is 7.98. The maximum absolute atomic E-state index is 2.41. The number of benzene rings is 7. The van der Waals surface area contributed by atoms with E-state index in [-0.39, 0.29) is 0 Å². The minimum absolute atomic E-state index is 1.04. The van der Waals surface area contributed by atoms with E-state index in [1.807, 2.05) is 0 Å². The third kappa shape index (κ3) is 3.30. The van der Waals surface area contributed by atoms with Crippen LogP contribution in [-0.4, -0.2) is 0 Å². The summed E-state index contributed by atoms with van der Waals surface area (Å²) in [5.41, 5.74) is 8.99. The average molecular weight is 459 g/mol. The maximum Gasteiger partial charge on any atom is -0.00143 e. The van der Waals surface area contributed by atoms with Crippen molar-refractivity contribution in [3.05, 3.63) is 133 Å². The second-order valence-electron chi connectivity index (χ2n) is 9.65. The topological polar surface area (TPSA) is 0 Å². The molecular formula is C36H26. The van der Waals surface area contributed by atoms with Crippen molar-refractivity contribution in [3.8, 4) is 33.4 Å². The van der Waals surface area contributed by atoms with E-state index in [4.69, 9.17) is 0 Å². The fraction of sp³-hybridized carbons (Fsp3) is 0.0556. The third-order valence-electron chi connectivity index (χ3n) is 7.59. The van der Waals surface area contributed by atoms with Gasteiger partial charge in [0.1, 0.15) is 0 Å². The Labute approximate surface area is 211 Å². The first-order valence-corrected chi connectivity index (χ1v) is 12.8. The van der Waals surface area contributed by atoms with E-state index in [2.05, 4.69) is 134 Å². The molecule has 0 bridgehead atoms. The summed E-state index contributed by atoms with van der Waals surface area (Å²) in [5.74, 6) is 0. The minimum Gasteiger partial charge on any atom is -0.0622 e. The molecule has 0 spiro atoms. The second-order valence-corrected chi connectivity index (χ2v) is 9.65. The Morgan fingerprint density at radius 2 is 1.00 bits per heavy atom. The smallest absolute Gasteiger partial charge is 0.00143 e. The van der Waals surface area contributed by atoms with Crippen molar-refractivity contribution in [3.63, 3.8) is 0 Å². The number of rotatable bonds is 4. The molecule has 0 nitrogen and oxygen atoms in total. The quantitative estimate of drug-likeness (QED) is 0.230. The van der Waals surface area contributed by atoms with E-state index < -0.39 is 0 Å². The van der Waals surface area contributed by atoms with Crippen LogP contribution in [0.15, 0.2) is 127 Å². The zero-order chi connectivity index (χ0) is 24.1. The van der Waals surface area contributed by atoms with Gasteiger partial charge in [0.15, 0.2) is 0 Å². The van der Waals surface area contributed by atoms with Crippen molar-refractivity contribution in [1.29, 1.82) is 0 Å². The van der Waals surface area contributed by atoms with Gasteiger partial charge in [-0.1, -0.05) is 128 Å². The monoisotopic (exact) mass is 458 g/mol. The highest BCUT2D eigenvalue weighted by Crippen LogP contribution is 2.44. The first kappa shape index (κ1) is 20.9. The lowest BCUT2D eigenvalue weighted by Crippen LogP contribution is -1.92. The molecule has 0 aliphatic heterocycles. The molecule has 0 aromatic heterocycles. The highest BCUT2D eigenvalue weighted by atomic mass is 14.2. The van der Waals surface area contributed by atoms with Crippen LogP contribution in [0.5, 0.6) is 0 Å². The largest absolute Gasteiger partial charge is 0.0622 e. The molecule has 36 heavy (non-hydrogen) atoms. The van der Waals surface area contributed by atoms with Gasteiger partial charge >= 0.3 is 0 Å². The highest BCUT2D eigenvalue weighted by molar-refractivity contribution is 6.28. The van der Waals surface area contributed by atoms with E-state index in [0.717, 1.165) is 6.42 Å². The molecule has 0 aliphatic rings. The lowest BCUT2D eigenvalue weighted by molar-refractivity contribution is 1.14. The lowest BCUT2D eigenvalue weighted by Gasteiger charge is -2.18. The van der Waals surface area contributed by atoms with E-state index in [9.17, 15) is 0 Å². The van der Waals surface area contributed by atoms with Gasteiger partial charge in [-0.25, -0.2) is 0 Å². The number of hydrogen-bond acceptors (Lipinski definition) is 0. The summed E-state index contributed by atoms with van der Waals surface area (Å²) < 4.78 is 0. The molecule has 7 rings (SSSR count). The highest BCUT2D eigenvalue weighted by Gasteiger charge is 2.16. The van der Waals surface area contributed by atoms with Crippen LogP contribution in [0, 0.1) is 0 Å². The summed E-state index contributed by atoms with van der Waals surface area (Å²) >= 11 is 0. The van der Waals surface area contributed by atoms with Crippen LogP contribution in [-0.2, 0) is 6.42 Å². The van der Waals surface area contributed by atoms with Gasteiger partial charge < -0.3 is 0 Å². The molecule has 0 atom stereocenters. The van der Waals surface area contributed by atoms with Crippen molar-refractivity contribution < 1.29 is 0 Å². The first-order chi connectivity index (χ1) is 17.8. The fourth-order valence-electron chi connectivity index (χ4n) is 5.74. The van der Waals surface area contributed by atoms with Crippen LogP contribution in [0.3, 0.4) is 0 Å². The first-order valence-electron chi connectivity index (χ1n) is 12.8. The van der Waals surface area contributed by atoms with Crippen LogP contribution in [0.2, 0.25) is 0 Å². The van der Waals surface area contributed by atoms with E-state index in [1.165, 1.54) is 71.3 Å². The molecule has 0 radical (unpaired) electrons.